The number of rotatable bonds is 7. The Balaban J connectivity index is 1.40. The highest BCUT2D eigenvalue weighted by atomic mass is 32.1. The summed E-state index contributed by atoms with van der Waals surface area (Å²) in [4.78, 5) is 0. The number of para-hydroxylation sites is 1. The van der Waals surface area contributed by atoms with Crippen molar-refractivity contribution in [2.45, 2.75) is 12.8 Å². The van der Waals surface area contributed by atoms with Crippen LogP contribution in [-0.4, -0.2) is 11.7 Å². The van der Waals surface area contributed by atoms with E-state index in [2.05, 4.69) is 34.9 Å². The number of ether oxygens (including phenoxy) is 1. The lowest BCUT2D eigenvalue weighted by Gasteiger charge is -2.11. The van der Waals surface area contributed by atoms with Crippen molar-refractivity contribution >= 4 is 23.0 Å². The van der Waals surface area contributed by atoms with Crippen LogP contribution >= 0.6 is 12.2 Å². The molecule has 0 saturated heterocycles. The molecule has 0 aliphatic rings. The van der Waals surface area contributed by atoms with E-state index in [9.17, 15) is 0 Å². The molecule has 0 unspecified atom stereocenters. The van der Waals surface area contributed by atoms with Crippen LogP contribution in [0.1, 0.15) is 12.0 Å². The fourth-order valence-corrected chi connectivity index (χ4v) is 2.77. The van der Waals surface area contributed by atoms with Crippen LogP contribution in [0.4, 0.5) is 5.69 Å². The SMILES string of the molecule is S=C(NCCCc1ccccc1)Nc1ccc(Oc2ccccc2)cc1. The number of anilines is 1. The van der Waals surface area contributed by atoms with Crippen molar-refractivity contribution in [2.75, 3.05) is 11.9 Å². The lowest BCUT2D eigenvalue weighted by Crippen LogP contribution is -2.29. The third-order valence-corrected chi connectivity index (χ3v) is 4.11. The Bertz CT molecular complexity index is 805. The molecule has 132 valence electrons. The Labute approximate surface area is 160 Å². The highest BCUT2D eigenvalue weighted by Crippen LogP contribution is 2.22. The summed E-state index contributed by atoms with van der Waals surface area (Å²) in [5, 5.41) is 7.08. The molecule has 2 N–H and O–H groups in total. The molecule has 3 rings (SSSR count). The second kappa shape index (κ2) is 9.59. The van der Waals surface area contributed by atoms with Crippen LogP contribution < -0.4 is 15.4 Å². The minimum atomic E-state index is 0.634. The van der Waals surface area contributed by atoms with Gasteiger partial charge in [0.1, 0.15) is 11.5 Å². The van der Waals surface area contributed by atoms with E-state index < -0.39 is 0 Å². The van der Waals surface area contributed by atoms with Crippen molar-refractivity contribution in [3.63, 3.8) is 0 Å². The zero-order valence-electron chi connectivity index (χ0n) is 14.5. The van der Waals surface area contributed by atoms with Gasteiger partial charge in [-0.05, 0) is 67.0 Å². The molecular formula is C22H22N2OS. The van der Waals surface area contributed by atoms with Gasteiger partial charge in [-0.3, -0.25) is 0 Å². The molecule has 0 fully saturated rings. The molecule has 0 radical (unpaired) electrons. The van der Waals surface area contributed by atoms with Crippen LogP contribution in [0, 0.1) is 0 Å². The van der Waals surface area contributed by atoms with E-state index in [-0.39, 0.29) is 0 Å². The minimum absolute atomic E-state index is 0.634. The number of nitrogens with one attached hydrogen (secondary N) is 2. The third kappa shape index (κ3) is 5.90. The normalized spacial score (nSPS) is 10.2. The maximum Gasteiger partial charge on any atom is 0.170 e. The maximum absolute atomic E-state index is 5.78. The van der Waals surface area contributed by atoms with Gasteiger partial charge in [0.25, 0.3) is 0 Å². The number of hydrogen-bond acceptors (Lipinski definition) is 2. The summed E-state index contributed by atoms with van der Waals surface area (Å²) in [6.07, 6.45) is 2.08. The molecule has 3 aromatic carbocycles. The Morgan fingerprint density at radius 2 is 1.38 bits per heavy atom. The van der Waals surface area contributed by atoms with Gasteiger partial charge in [-0.2, -0.15) is 0 Å². The van der Waals surface area contributed by atoms with Crippen LogP contribution in [0.15, 0.2) is 84.9 Å². The summed E-state index contributed by atoms with van der Waals surface area (Å²) in [6.45, 7) is 0.843. The molecule has 0 saturated carbocycles. The number of hydrogen-bond donors (Lipinski definition) is 2. The van der Waals surface area contributed by atoms with Crippen LogP contribution in [0.5, 0.6) is 11.5 Å². The van der Waals surface area contributed by atoms with Crippen molar-refractivity contribution < 1.29 is 4.74 Å². The molecule has 4 heteroatoms. The van der Waals surface area contributed by atoms with E-state index in [4.69, 9.17) is 17.0 Å². The first-order valence-corrected chi connectivity index (χ1v) is 9.12. The summed E-state index contributed by atoms with van der Waals surface area (Å²) in [7, 11) is 0. The first-order valence-electron chi connectivity index (χ1n) is 8.71. The quantitative estimate of drug-likeness (QED) is 0.436. The van der Waals surface area contributed by atoms with Gasteiger partial charge >= 0.3 is 0 Å². The summed E-state index contributed by atoms with van der Waals surface area (Å²) in [5.74, 6) is 1.62. The highest BCUT2D eigenvalue weighted by Gasteiger charge is 2.00. The zero-order chi connectivity index (χ0) is 18.0. The van der Waals surface area contributed by atoms with Gasteiger partial charge in [-0.1, -0.05) is 48.5 Å². The average molecular weight is 362 g/mol. The Morgan fingerprint density at radius 1 is 0.769 bits per heavy atom. The predicted molar refractivity (Wildman–Crippen MR) is 112 cm³/mol. The fraction of sp³-hybridized carbons (Fsp3) is 0.136. The number of aryl methyl sites for hydroxylation is 1. The van der Waals surface area contributed by atoms with Crippen LogP contribution in [0.25, 0.3) is 0 Å². The van der Waals surface area contributed by atoms with Gasteiger partial charge in [0.2, 0.25) is 0 Å². The molecule has 26 heavy (non-hydrogen) atoms. The number of thiocarbonyl (C=S) groups is 1. The summed E-state index contributed by atoms with van der Waals surface area (Å²) < 4.78 is 5.78. The molecule has 0 atom stereocenters. The topological polar surface area (TPSA) is 33.3 Å². The van der Waals surface area contributed by atoms with Gasteiger partial charge < -0.3 is 15.4 Å². The van der Waals surface area contributed by atoms with E-state index in [1.807, 2.05) is 60.7 Å². The molecule has 0 amide bonds. The van der Waals surface area contributed by atoms with Crippen molar-refractivity contribution in [3.05, 3.63) is 90.5 Å². The molecule has 3 nitrogen and oxygen atoms in total. The van der Waals surface area contributed by atoms with Crippen LogP contribution in [0.3, 0.4) is 0 Å². The van der Waals surface area contributed by atoms with E-state index >= 15 is 0 Å². The lowest BCUT2D eigenvalue weighted by molar-refractivity contribution is 0.483. The van der Waals surface area contributed by atoms with E-state index in [1.54, 1.807) is 0 Å². The largest absolute Gasteiger partial charge is 0.457 e. The molecular weight excluding hydrogens is 340 g/mol. The monoisotopic (exact) mass is 362 g/mol. The summed E-state index contributed by atoms with van der Waals surface area (Å²) in [5.41, 5.74) is 2.29. The number of benzene rings is 3. The second-order valence-corrected chi connectivity index (χ2v) is 6.32. The van der Waals surface area contributed by atoms with Crippen molar-refractivity contribution in [1.29, 1.82) is 0 Å². The molecule has 0 spiro atoms. The summed E-state index contributed by atoms with van der Waals surface area (Å²) in [6, 6.07) is 28.0. The van der Waals surface area contributed by atoms with Gasteiger partial charge in [0.05, 0.1) is 0 Å². The van der Waals surface area contributed by atoms with E-state index in [0.29, 0.717) is 5.11 Å². The highest BCUT2D eigenvalue weighted by molar-refractivity contribution is 7.80. The summed E-state index contributed by atoms with van der Waals surface area (Å²) >= 11 is 5.35. The smallest absolute Gasteiger partial charge is 0.170 e. The van der Waals surface area contributed by atoms with E-state index in [1.165, 1.54) is 5.56 Å². The van der Waals surface area contributed by atoms with Crippen molar-refractivity contribution in [2.24, 2.45) is 0 Å². The molecule has 0 bridgehead atoms. The minimum Gasteiger partial charge on any atom is -0.457 e. The van der Waals surface area contributed by atoms with Gasteiger partial charge in [0.15, 0.2) is 5.11 Å². The Kier molecular flexibility index (Phi) is 6.62. The zero-order valence-corrected chi connectivity index (χ0v) is 15.3. The predicted octanol–water partition coefficient (Wildman–Crippen LogP) is 5.40. The van der Waals surface area contributed by atoms with E-state index in [0.717, 1.165) is 36.6 Å². The second-order valence-electron chi connectivity index (χ2n) is 5.91. The van der Waals surface area contributed by atoms with Crippen molar-refractivity contribution in [1.82, 2.24) is 5.32 Å². The molecule has 0 heterocycles. The third-order valence-electron chi connectivity index (χ3n) is 3.86. The maximum atomic E-state index is 5.78. The van der Waals surface area contributed by atoms with Gasteiger partial charge in [-0.25, -0.2) is 0 Å². The average Bonchev–Trinajstić information content (AvgIpc) is 2.68. The molecule has 0 aliphatic carbocycles. The fourth-order valence-electron chi connectivity index (χ4n) is 2.55. The first kappa shape index (κ1) is 18.0. The molecule has 3 aromatic rings. The lowest BCUT2D eigenvalue weighted by atomic mass is 10.1. The van der Waals surface area contributed by atoms with Crippen LogP contribution in [-0.2, 0) is 6.42 Å². The Hall–Kier alpha value is -2.85. The molecule has 0 aromatic heterocycles. The van der Waals surface area contributed by atoms with Crippen LogP contribution in [0.2, 0.25) is 0 Å². The molecule has 0 aliphatic heterocycles. The van der Waals surface area contributed by atoms with Gasteiger partial charge in [-0.15, -0.1) is 0 Å². The standard InChI is InChI=1S/C22H22N2OS/c26-22(23-17-7-10-18-8-3-1-4-9-18)24-19-13-15-21(16-14-19)25-20-11-5-2-6-12-20/h1-6,8-9,11-16H,7,10,17H2,(H2,23,24,26). The van der Waals surface area contributed by atoms with Crippen molar-refractivity contribution in [3.8, 4) is 11.5 Å². The Morgan fingerprint density at radius 3 is 2.08 bits per heavy atom. The first-order chi connectivity index (χ1) is 12.8. The van der Waals surface area contributed by atoms with Gasteiger partial charge in [0, 0.05) is 12.2 Å².